The van der Waals surface area contributed by atoms with Gasteiger partial charge in [-0.25, -0.2) is 17.6 Å². The molecule has 2 amide bonds. The standard InChI is InChI=1S/C25H18ClF7N4O3/c26-16-7-13(27)1-2-15(16)24(40)20-17(36-22(38)10-3-12(25(31,32)33)6-14(28)4-10)5-11(8-35-9-18(29)30)21(34)19(20)23(39)37-24/h1-7,18,35,40H,8-9,34H2,(H,36,38)(H,37,39). The van der Waals surface area contributed by atoms with Gasteiger partial charge in [0, 0.05) is 28.9 Å². The topological polar surface area (TPSA) is 116 Å². The van der Waals surface area contributed by atoms with E-state index in [1.807, 2.05) is 0 Å². The van der Waals surface area contributed by atoms with Crippen molar-refractivity contribution in [3.63, 3.8) is 0 Å². The zero-order chi connectivity index (χ0) is 29.6. The predicted molar refractivity (Wildman–Crippen MR) is 130 cm³/mol. The number of nitrogen functional groups attached to an aromatic ring is 1. The molecule has 40 heavy (non-hydrogen) atoms. The quantitative estimate of drug-likeness (QED) is 0.201. The summed E-state index contributed by atoms with van der Waals surface area (Å²) in [6, 6.07) is 4.97. The van der Waals surface area contributed by atoms with Crippen LogP contribution >= 0.6 is 11.6 Å². The number of nitrogens with one attached hydrogen (secondary N) is 3. The van der Waals surface area contributed by atoms with E-state index >= 15 is 0 Å². The number of hydrogen-bond donors (Lipinski definition) is 5. The van der Waals surface area contributed by atoms with E-state index in [0.717, 1.165) is 24.3 Å². The summed E-state index contributed by atoms with van der Waals surface area (Å²) < 4.78 is 92.6. The van der Waals surface area contributed by atoms with Crippen LogP contribution in [0.4, 0.5) is 42.1 Å². The number of halogens is 8. The van der Waals surface area contributed by atoms with E-state index in [4.69, 9.17) is 17.3 Å². The number of carbonyl (C=O) groups excluding carboxylic acids is 2. The van der Waals surface area contributed by atoms with Crippen LogP contribution in [0.1, 0.15) is 43.0 Å². The molecule has 0 spiro atoms. The molecule has 212 valence electrons. The minimum atomic E-state index is -4.99. The van der Waals surface area contributed by atoms with Gasteiger partial charge in [-0.3, -0.25) is 9.59 Å². The van der Waals surface area contributed by atoms with E-state index in [0.29, 0.717) is 12.1 Å². The first kappa shape index (κ1) is 29.1. The first-order chi connectivity index (χ1) is 18.6. The van der Waals surface area contributed by atoms with Gasteiger partial charge >= 0.3 is 6.18 Å². The summed E-state index contributed by atoms with van der Waals surface area (Å²) in [5.41, 5.74) is -0.417. The van der Waals surface area contributed by atoms with Crippen LogP contribution in [-0.2, 0) is 18.4 Å². The van der Waals surface area contributed by atoms with Crippen LogP contribution in [-0.4, -0.2) is 29.9 Å². The fourth-order valence-corrected chi connectivity index (χ4v) is 4.58. The minimum Gasteiger partial charge on any atom is -0.398 e. The lowest BCUT2D eigenvalue weighted by molar-refractivity contribution is -0.137. The van der Waals surface area contributed by atoms with Gasteiger partial charge in [-0.1, -0.05) is 11.6 Å². The summed E-state index contributed by atoms with van der Waals surface area (Å²) in [5.74, 6) is -4.44. The second-order valence-corrected chi connectivity index (χ2v) is 9.15. The van der Waals surface area contributed by atoms with Gasteiger partial charge in [0.05, 0.1) is 28.4 Å². The van der Waals surface area contributed by atoms with E-state index in [2.05, 4.69) is 16.0 Å². The smallest absolute Gasteiger partial charge is 0.398 e. The highest BCUT2D eigenvalue weighted by Gasteiger charge is 2.48. The Kier molecular flexibility index (Phi) is 7.71. The molecule has 0 aliphatic carbocycles. The number of benzene rings is 3. The molecule has 0 fully saturated rings. The second kappa shape index (κ2) is 10.6. The number of hydrogen-bond acceptors (Lipinski definition) is 5. The third-order valence-corrected chi connectivity index (χ3v) is 6.32. The molecule has 0 radical (unpaired) electrons. The van der Waals surface area contributed by atoms with Crippen molar-refractivity contribution in [1.29, 1.82) is 0 Å². The molecule has 3 aromatic rings. The van der Waals surface area contributed by atoms with Gasteiger partial charge in [0.15, 0.2) is 5.72 Å². The lowest BCUT2D eigenvalue weighted by atomic mass is 9.90. The summed E-state index contributed by atoms with van der Waals surface area (Å²) in [6.07, 6.45) is -7.74. The Balaban J connectivity index is 1.88. The number of fused-ring (bicyclic) bond motifs is 1. The van der Waals surface area contributed by atoms with Gasteiger partial charge in [0.2, 0.25) is 0 Å². The maximum Gasteiger partial charge on any atom is 0.416 e. The van der Waals surface area contributed by atoms with Crippen molar-refractivity contribution >= 4 is 34.8 Å². The van der Waals surface area contributed by atoms with Crippen LogP contribution in [0.25, 0.3) is 0 Å². The van der Waals surface area contributed by atoms with E-state index in [1.165, 1.54) is 0 Å². The highest BCUT2D eigenvalue weighted by Crippen LogP contribution is 2.45. The molecule has 3 aromatic carbocycles. The molecule has 1 aliphatic heterocycles. The Morgan fingerprint density at radius 3 is 2.42 bits per heavy atom. The Bertz CT molecular complexity index is 1520. The Labute approximate surface area is 226 Å². The number of anilines is 2. The number of amides is 2. The van der Waals surface area contributed by atoms with E-state index in [-0.39, 0.29) is 34.4 Å². The maximum absolute atomic E-state index is 14.0. The number of rotatable bonds is 7. The monoisotopic (exact) mass is 590 g/mol. The molecule has 0 saturated carbocycles. The van der Waals surface area contributed by atoms with Crippen molar-refractivity contribution < 1.29 is 45.4 Å². The highest BCUT2D eigenvalue weighted by atomic mass is 35.5. The van der Waals surface area contributed by atoms with Gasteiger partial charge in [-0.15, -0.1) is 0 Å². The molecule has 0 aromatic heterocycles. The number of nitrogens with two attached hydrogens (primary N) is 1. The summed E-state index contributed by atoms with van der Waals surface area (Å²) in [4.78, 5) is 26.0. The van der Waals surface area contributed by atoms with Crippen LogP contribution in [0.3, 0.4) is 0 Å². The second-order valence-electron chi connectivity index (χ2n) is 8.74. The average Bonchev–Trinajstić information content (AvgIpc) is 3.11. The molecule has 1 unspecified atom stereocenters. The summed E-state index contributed by atoms with van der Waals surface area (Å²) in [7, 11) is 0. The Morgan fingerprint density at radius 2 is 1.80 bits per heavy atom. The maximum atomic E-state index is 14.0. The number of aliphatic hydroxyl groups is 1. The van der Waals surface area contributed by atoms with Gasteiger partial charge in [0.25, 0.3) is 18.2 Å². The van der Waals surface area contributed by atoms with Crippen LogP contribution in [0, 0.1) is 11.6 Å². The summed E-state index contributed by atoms with van der Waals surface area (Å²) in [5, 5.41) is 18.1. The molecular formula is C25H18ClF7N4O3. The highest BCUT2D eigenvalue weighted by molar-refractivity contribution is 6.31. The van der Waals surface area contributed by atoms with E-state index in [1.54, 1.807) is 0 Å². The van der Waals surface area contributed by atoms with Gasteiger partial charge in [-0.05, 0) is 48.0 Å². The van der Waals surface area contributed by atoms with Gasteiger partial charge < -0.3 is 26.8 Å². The van der Waals surface area contributed by atoms with Crippen molar-refractivity contribution in [1.82, 2.24) is 10.6 Å². The molecule has 7 nitrogen and oxygen atoms in total. The third kappa shape index (κ3) is 5.55. The molecular weight excluding hydrogens is 573 g/mol. The van der Waals surface area contributed by atoms with Crippen molar-refractivity contribution in [2.45, 2.75) is 24.9 Å². The molecule has 1 atom stereocenters. The van der Waals surface area contributed by atoms with Crippen LogP contribution < -0.4 is 21.7 Å². The van der Waals surface area contributed by atoms with Crippen molar-refractivity contribution in [2.24, 2.45) is 0 Å². The van der Waals surface area contributed by atoms with Crippen molar-refractivity contribution in [3.05, 3.63) is 92.5 Å². The first-order valence-corrected chi connectivity index (χ1v) is 11.6. The summed E-state index contributed by atoms with van der Waals surface area (Å²) in [6.45, 7) is -1.13. The zero-order valence-corrected chi connectivity index (χ0v) is 20.7. The molecule has 0 saturated heterocycles. The molecule has 4 rings (SSSR count). The SMILES string of the molecule is Nc1c(CNCC(F)F)cc(NC(=O)c2cc(F)cc(C(F)(F)F)c2)c2c1C(=O)NC2(O)c1ccc(F)cc1Cl. The van der Waals surface area contributed by atoms with Crippen molar-refractivity contribution in [3.8, 4) is 0 Å². The lowest BCUT2D eigenvalue weighted by Crippen LogP contribution is -2.41. The molecule has 15 heteroatoms. The third-order valence-electron chi connectivity index (χ3n) is 6.01. The fourth-order valence-electron chi connectivity index (χ4n) is 4.28. The molecule has 0 bridgehead atoms. The predicted octanol–water partition coefficient (Wildman–Crippen LogP) is 4.76. The van der Waals surface area contributed by atoms with E-state index < -0.39 is 76.3 Å². The summed E-state index contributed by atoms with van der Waals surface area (Å²) >= 11 is 6.12. The normalized spacial score (nSPS) is 16.7. The molecule has 1 aliphatic rings. The molecule has 6 N–H and O–H groups in total. The van der Waals surface area contributed by atoms with Crippen LogP contribution in [0.2, 0.25) is 5.02 Å². The minimum absolute atomic E-state index is 0.00507. The van der Waals surface area contributed by atoms with Gasteiger partial charge in [0.1, 0.15) is 11.6 Å². The van der Waals surface area contributed by atoms with Crippen LogP contribution in [0.15, 0.2) is 42.5 Å². The van der Waals surface area contributed by atoms with Crippen molar-refractivity contribution in [2.75, 3.05) is 17.6 Å². The Morgan fingerprint density at radius 1 is 1.10 bits per heavy atom. The Hall–Kier alpha value is -3.88. The van der Waals surface area contributed by atoms with E-state index in [9.17, 15) is 45.4 Å². The zero-order valence-electron chi connectivity index (χ0n) is 19.9. The fraction of sp³-hybridized carbons (Fsp3) is 0.200. The average molecular weight is 591 g/mol. The number of carbonyl (C=O) groups is 2. The van der Waals surface area contributed by atoms with Gasteiger partial charge in [-0.2, -0.15) is 13.2 Å². The lowest BCUT2D eigenvalue weighted by Gasteiger charge is -2.28. The van der Waals surface area contributed by atoms with Crippen LogP contribution in [0.5, 0.6) is 0 Å². The largest absolute Gasteiger partial charge is 0.416 e. The number of alkyl halides is 5. The molecule has 1 heterocycles. The first-order valence-electron chi connectivity index (χ1n) is 11.3.